The summed E-state index contributed by atoms with van der Waals surface area (Å²) in [6.07, 6.45) is 0. The van der Waals surface area contributed by atoms with Gasteiger partial charge in [0, 0.05) is 11.3 Å². The summed E-state index contributed by atoms with van der Waals surface area (Å²) < 4.78 is 0. The van der Waals surface area contributed by atoms with Crippen molar-refractivity contribution in [1.82, 2.24) is 10.2 Å². The molecule has 0 aliphatic carbocycles. The highest BCUT2D eigenvalue weighted by atomic mass is 32.1. The quantitative estimate of drug-likeness (QED) is 0.470. The minimum Gasteiger partial charge on any atom is -0.321 e. The smallest absolute Gasteiger partial charge is 0.265 e. The molecule has 0 aliphatic heterocycles. The molecule has 0 fully saturated rings. The number of rotatable bonds is 4. The molecule has 6 nitrogen and oxygen atoms in total. The fourth-order valence-corrected chi connectivity index (χ4v) is 3.78. The Hall–Kier alpha value is -3.45. The number of aromatic amines is 1. The first-order valence-corrected chi connectivity index (χ1v) is 9.56. The molecule has 2 heterocycles. The van der Waals surface area contributed by atoms with Gasteiger partial charge in [-0.2, -0.15) is 5.10 Å². The predicted octanol–water partition coefficient (Wildman–Crippen LogP) is 4.75. The highest BCUT2D eigenvalue weighted by molar-refractivity contribution is 7.20. The number of fused-ring (bicyclic) bond motifs is 1. The van der Waals surface area contributed by atoms with Crippen LogP contribution in [0.15, 0.2) is 54.6 Å². The zero-order valence-corrected chi connectivity index (χ0v) is 16.2. The van der Waals surface area contributed by atoms with E-state index in [4.69, 9.17) is 0 Å². The van der Waals surface area contributed by atoms with E-state index < -0.39 is 0 Å². The van der Waals surface area contributed by atoms with Crippen molar-refractivity contribution in [3.05, 3.63) is 76.2 Å². The van der Waals surface area contributed by atoms with Gasteiger partial charge in [-0.15, -0.1) is 11.3 Å². The van der Waals surface area contributed by atoms with E-state index >= 15 is 0 Å². The van der Waals surface area contributed by atoms with Crippen LogP contribution in [0.4, 0.5) is 11.5 Å². The topological polar surface area (TPSA) is 86.9 Å². The summed E-state index contributed by atoms with van der Waals surface area (Å²) in [7, 11) is 0. The monoisotopic (exact) mass is 390 g/mol. The number of hydrogen-bond acceptors (Lipinski definition) is 4. The molecule has 0 bridgehead atoms. The lowest BCUT2D eigenvalue weighted by atomic mass is 10.1. The lowest BCUT2D eigenvalue weighted by Gasteiger charge is -2.06. The van der Waals surface area contributed by atoms with Crippen LogP contribution in [0.25, 0.3) is 10.2 Å². The van der Waals surface area contributed by atoms with Crippen molar-refractivity contribution in [2.45, 2.75) is 13.8 Å². The highest BCUT2D eigenvalue weighted by Gasteiger charge is 2.17. The SMILES string of the molecule is Cc1cccc(C(=O)Nc2[nH]nc3sc(C(=O)Nc4ccccc4C)cc23)c1. The van der Waals surface area contributed by atoms with E-state index in [9.17, 15) is 9.59 Å². The number of aryl methyl sites for hydroxylation is 2. The molecule has 28 heavy (non-hydrogen) atoms. The summed E-state index contributed by atoms with van der Waals surface area (Å²) in [5.74, 6) is 0.0484. The first-order valence-electron chi connectivity index (χ1n) is 8.74. The third-order valence-electron chi connectivity index (χ3n) is 4.39. The zero-order chi connectivity index (χ0) is 19.7. The second-order valence-electron chi connectivity index (χ2n) is 6.52. The summed E-state index contributed by atoms with van der Waals surface area (Å²) in [6, 6.07) is 16.7. The van der Waals surface area contributed by atoms with E-state index in [0.717, 1.165) is 16.8 Å². The van der Waals surface area contributed by atoms with Crippen LogP contribution in [-0.2, 0) is 0 Å². The van der Waals surface area contributed by atoms with Crippen LogP contribution < -0.4 is 10.6 Å². The van der Waals surface area contributed by atoms with Gasteiger partial charge < -0.3 is 10.6 Å². The summed E-state index contributed by atoms with van der Waals surface area (Å²) in [6.45, 7) is 3.87. The van der Waals surface area contributed by atoms with Gasteiger partial charge >= 0.3 is 0 Å². The van der Waals surface area contributed by atoms with Crippen molar-refractivity contribution in [2.75, 3.05) is 10.6 Å². The molecule has 0 unspecified atom stereocenters. The zero-order valence-electron chi connectivity index (χ0n) is 15.4. The van der Waals surface area contributed by atoms with Crippen LogP contribution in [0.3, 0.4) is 0 Å². The van der Waals surface area contributed by atoms with Crippen molar-refractivity contribution < 1.29 is 9.59 Å². The number of anilines is 2. The minimum atomic E-state index is -0.230. The molecule has 2 aromatic carbocycles. The van der Waals surface area contributed by atoms with Crippen molar-refractivity contribution in [3.63, 3.8) is 0 Å². The Morgan fingerprint density at radius 2 is 1.79 bits per heavy atom. The number of para-hydroxylation sites is 1. The maximum atomic E-state index is 12.6. The Labute approximate surface area is 165 Å². The van der Waals surface area contributed by atoms with Gasteiger partial charge in [0.2, 0.25) is 0 Å². The fourth-order valence-electron chi connectivity index (χ4n) is 2.89. The summed E-state index contributed by atoms with van der Waals surface area (Å²) in [5, 5.41) is 13.5. The molecule has 0 spiro atoms. The molecule has 0 saturated heterocycles. The molecule has 0 saturated carbocycles. The number of hydrogen-bond donors (Lipinski definition) is 3. The van der Waals surface area contributed by atoms with Crippen molar-refractivity contribution >= 4 is 44.9 Å². The van der Waals surface area contributed by atoms with Crippen molar-refractivity contribution in [2.24, 2.45) is 0 Å². The molecule has 4 rings (SSSR count). The third-order valence-corrected chi connectivity index (χ3v) is 5.41. The molecule has 2 aromatic heterocycles. The van der Waals surface area contributed by atoms with Gasteiger partial charge in [0.25, 0.3) is 11.8 Å². The minimum absolute atomic E-state index is 0.201. The van der Waals surface area contributed by atoms with Gasteiger partial charge in [0.1, 0.15) is 10.6 Å². The summed E-state index contributed by atoms with van der Waals surface area (Å²) in [5.41, 5.74) is 3.33. The number of benzene rings is 2. The van der Waals surface area contributed by atoms with Gasteiger partial charge in [-0.25, -0.2) is 0 Å². The molecule has 140 valence electrons. The van der Waals surface area contributed by atoms with Crippen molar-refractivity contribution in [1.29, 1.82) is 0 Å². The van der Waals surface area contributed by atoms with Gasteiger partial charge in [-0.3, -0.25) is 14.7 Å². The van der Waals surface area contributed by atoms with Crippen LogP contribution in [0.1, 0.15) is 31.2 Å². The molecule has 4 aromatic rings. The molecular formula is C21H18N4O2S. The largest absolute Gasteiger partial charge is 0.321 e. The second-order valence-corrected chi connectivity index (χ2v) is 7.55. The summed E-state index contributed by atoms with van der Waals surface area (Å²) in [4.78, 5) is 26.3. The van der Waals surface area contributed by atoms with E-state index in [1.165, 1.54) is 11.3 Å². The van der Waals surface area contributed by atoms with Crippen LogP contribution in [0.2, 0.25) is 0 Å². The average molecular weight is 390 g/mol. The second kappa shape index (κ2) is 7.28. The van der Waals surface area contributed by atoms with E-state index in [-0.39, 0.29) is 11.8 Å². The number of carbonyl (C=O) groups is 2. The molecule has 0 radical (unpaired) electrons. The number of nitrogens with one attached hydrogen (secondary N) is 3. The third kappa shape index (κ3) is 3.52. The number of thiophene rings is 1. The van der Waals surface area contributed by atoms with E-state index in [1.807, 2.05) is 56.3 Å². The van der Waals surface area contributed by atoms with Crippen molar-refractivity contribution in [3.8, 4) is 0 Å². The lowest BCUT2D eigenvalue weighted by molar-refractivity contribution is 0.102. The Morgan fingerprint density at radius 1 is 0.964 bits per heavy atom. The maximum absolute atomic E-state index is 12.6. The highest BCUT2D eigenvalue weighted by Crippen LogP contribution is 2.30. The Balaban J connectivity index is 1.56. The standard InChI is InChI=1S/C21H18N4O2S/c1-12-6-5-8-14(10-12)19(26)23-18-15-11-17(28-21(15)25-24-18)20(27)22-16-9-4-3-7-13(16)2/h3-11H,1-2H3,(H,22,27)(H2,23,24,25,26). The van der Waals surface area contributed by atoms with E-state index in [2.05, 4.69) is 20.8 Å². The molecule has 0 atom stereocenters. The van der Waals surface area contributed by atoms with Crippen LogP contribution >= 0.6 is 11.3 Å². The van der Waals surface area contributed by atoms with Crippen LogP contribution in [-0.4, -0.2) is 22.0 Å². The number of amides is 2. The van der Waals surface area contributed by atoms with E-state index in [0.29, 0.717) is 26.5 Å². The van der Waals surface area contributed by atoms with Crippen LogP contribution in [0.5, 0.6) is 0 Å². The fraction of sp³-hybridized carbons (Fsp3) is 0.0952. The average Bonchev–Trinajstić information content (AvgIpc) is 3.25. The van der Waals surface area contributed by atoms with E-state index in [1.54, 1.807) is 12.1 Å². The Morgan fingerprint density at radius 3 is 2.57 bits per heavy atom. The number of carbonyl (C=O) groups excluding carboxylic acids is 2. The van der Waals surface area contributed by atoms with Gasteiger partial charge in [0.05, 0.1) is 10.3 Å². The summed E-state index contributed by atoms with van der Waals surface area (Å²) >= 11 is 1.27. The molecular weight excluding hydrogens is 372 g/mol. The molecule has 0 aliphatic rings. The van der Waals surface area contributed by atoms with Gasteiger partial charge in [-0.05, 0) is 43.7 Å². The van der Waals surface area contributed by atoms with Gasteiger partial charge in [0.15, 0.2) is 0 Å². The van der Waals surface area contributed by atoms with Gasteiger partial charge in [-0.1, -0.05) is 35.9 Å². The number of nitrogens with zero attached hydrogens (tertiary/aromatic N) is 1. The first kappa shape index (κ1) is 17.9. The maximum Gasteiger partial charge on any atom is 0.265 e. The molecule has 7 heteroatoms. The normalized spacial score (nSPS) is 10.8. The molecule has 3 N–H and O–H groups in total. The molecule has 2 amide bonds. The lowest BCUT2D eigenvalue weighted by Crippen LogP contribution is -2.12. The Kier molecular flexibility index (Phi) is 4.67. The predicted molar refractivity (Wildman–Crippen MR) is 112 cm³/mol. The Bertz CT molecular complexity index is 1190. The van der Waals surface area contributed by atoms with Crippen LogP contribution in [0, 0.1) is 13.8 Å². The first-order chi connectivity index (χ1) is 13.5. The number of aromatic nitrogens is 2. The number of H-pyrrole nitrogens is 1.